The van der Waals surface area contributed by atoms with Gasteiger partial charge in [-0.15, -0.1) is 0 Å². The fourth-order valence-corrected chi connectivity index (χ4v) is 3.78. The quantitative estimate of drug-likeness (QED) is 0.338. The van der Waals surface area contributed by atoms with Crippen molar-refractivity contribution in [1.82, 2.24) is 9.97 Å². The molecule has 0 aliphatic rings. The molecule has 0 bridgehead atoms. The van der Waals surface area contributed by atoms with Crippen LogP contribution in [-0.4, -0.2) is 9.97 Å². The van der Waals surface area contributed by atoms with Gasteiger partial charge in [0.2, 0.25) is 0 Å². The highest BCUT2D eigenvalue weighted by molar-refractivity contribution is 7.98. The van der Waals surface area contributed by atoms with E-state index >= 15 is 0 Å². The van der Waals surface area contributed by atoms with Crippen molar-refractivity contribution >= 4 is 45.4 Å². The van der Waals surface area contributed by atoms with Crippen LogP contribution in [0.4, 0.5) is 0 Å². The first-order valence-electron chi connectivity index (χ1n) is 7.80. The molecule has 120 valence electrons. The topological polar surface area (TPSA) is 38.9 Å². The zero-order valence-electron chi connectivity index (χ0n) is 13.1. The van der Waals surface area contributed by atoms with Gasteiger partial charge in [-0.3, -0.25) is 0 Å². The second-order valence-electron chi connectivity index (χ2n) is 5.49. The average molecular weight is 355 g/mol. The minimum atomic E-state index is 0.749. The largest absolute Gasteiger partial charge is 0.451 e. The number of rotatable bonds is 4. The second kappa shape index (κ2) is 6.46. The second-order valence-corrected chi connectivity index (χ2v) is 6.89. The van der Waals surface area contributed by atoms with E-state index in [0.717, 1.165) is 55.7 Å². The fraction of sp³-hybridized carbons (Fsp3) is 0.158. The Morgan fingerprint density at radius 1 is 1.08 bits per heavy atom. The van der Waals surface area contributed by atoms with Crippen molar-refractivity contribution in [2.75, 3.05) is 0 Å². The Bertz CT molecular complexity index is 1030. The summed E-state index contributed by atoms with van der Waals surface area (Å²) in [6.45, 7) is 2.06. The first kappa shape index (κ1) is 15.5. The van der Waals surface area contributed by atoms with E-state index < -0.39 is 0 Å². The maximum Gasteiger partial charge on any atom is 0.186 e. The lowest BCUT2D eigenvalue weighted by molar-refractivity contribution is 0.651. The van der Waals surface area contributed by atoms with Gasteiger partial charge in [0.15, 0.2) is 5.58 Å². The first-order chi connectivity index (χ1) is 11.7. The van der Waals surface area contributed by atoms with E-state index in [-0.39, 0.29) is 0 Å². The van der Waals surface area contributed by atoms with Gasteiger partial charge < -0.3 is 4.42 Å². The molecule has 3 nitrogen and oxygen atoms in total. The lowest BCUT2D eigenvalue weighted by Crippen LogP contribution is -1.95. The number of nitrogens with zero attached hydrogens (tertiary/aromatic N) is 2. The molecule has 5 heteroatoms. The number of hydrogen-bond acceptors (Lipinski definition) is 4. The molecule has 0 unspecified atom stereocenters. The van der Waals surface area contributed by atoms with Gasteiger partial charge in [0.1, 0.15) is 22.0 Å². The van der Waals surface area contributed by atoms with E-state index in [4.69, 9.17) is 16.0 Å². The number of aromatic nitrogens is 2. The number of aryl methyl sites for hydroxylation is 1. The summed E-state index contributed by atoms with van der Waals surface area (Å²) in [4.78, 5) is 9.35. The highest BCUT2D eigenvalue weighted by atomic mass is 35.5. The van der Waals surface area contributed by atoms with Gasteiger partial charge in [-0.25, -0.2) is 9.97 Å². The van der Waals surface area contributed by atoms with Crippen LogP contribution in [0.25, 0.3) is 22.1 Å². The molecule has 0 atom stereocenters. The van der Waals surface area contributed by atoms with Crippen LogP contribution in [0, 0.1) is 0 Å². The van der Waals surface area contributed by atoms with E-state index in [1.807, 2.05) is 42.5 Å². The molecule has 0 spiro atoms. The number of para-hydroxylation sites is 1. The molecular formula is C19H15ClN2OS. The molecule has 4 aromatic rings. The maximum atomic E-state index is 6.07. The summed E-state index contributed by atoms with van der Waals surface area (Å²) in [7, 11) is 0. The minimum absolute atomic E-state index is 0.749. The van der Waals surface area contributed by atoms with Gasteiger partial charge in [-0.2, -0.15) is 0 Å². The number of fused-ring (bicyclic) bond motifs is 3. The summed E-state index contributed by atoms with van der Waals surface area (Å²) in [5, 5.41) is 2.67. The van der Waals surface area contributed by atoms with Gasteiger partial charge in [-0.1, -0.05) is 54.6 Å². The van der Waals surface area contributed by atoms with Gasteiger partial charge >= 0.3 is 0 Å². The molecule has 0 aliphatic heterocycles. The van der Waals surface area contributed by atoms with Crippen LogP contribution in [0.1, 0.15) is 18.3 Å². The third-order valence-electron chi connectivity index (χ3n) is 3.82. The summed E-state index contributed by atoms with van der Waals surface area (Å²) in [5.74, 6) is 1.62. The molecule has 0 radical (unpaired) electrons. The average Bonchev–Trinajstić information content (AvgIpc) is 2.98. The first-order valence-corrected chi connectivity index (χ1v) is 9.16. The Kier molecular flexibility index (Phi) is 4.17. The van der Waals surface area contributed by atoms with Gasteiger partial charge in [0.25, 0.3) is 0 Å². The van der Waals surface area contributed by atoms with Crippen molar-refractivity contribution in [2.24, 2.45) is 0 Å². The van der Waals surface area contributed by atoms with Crippen molar-refractivity contribution in [3.05, 3.63) is 64.9 Å². The molecule has 2 aromatic carbocycles. The molecule has 4 rings (SSSR count). The molecular weight excluding hydrogens is 340 g/mol. The predicted molar refractivity (Wildman–Crippen MR) is 99.7 cm³/mol. The molecule has 0 saturated heterocycles. The van der Waals surface area contributed by atoms with Crippen LogP contribution in [0.2, 0.25) is 5.02 Å². The van der Waals surface area contributed by atoms with Crippen molar-refractivity contribution in [3.8, 4) is 0 Å². The smallest absolute Gasteiger partial charge is 0.186 e. The SMILES string of the molecule is CCc1nc(SCc2cccc(Cl)c2)c2oc3ccccc3c2n1. The van der Waals surface area contributed by atoms with Crippen molar-refractivity contribution < 1.29 is 4.42 Å². The lowest BCUT2D eigenvalue weighted by atomic mass is 10.2. The van der Waals surface area contributed by atoms with Crippen LogP contribution < -0.4 is 0 Å². The Morgan fingerprint density at radius 3 is 2.79 bits per heavy atom. The van der Waals surface area contributed by atoms with Gasteiger partial charge in [0.05, 0.1) is 0 Å². The highest BCUT2D eigenvalue weighted by Gasteiger charge is 2.15. The maximum absolute atomic E-state index is 6.07. The van der Waals surface area contributed by atoms with E-state index in [1.165, 1.54) is 0 Å². The van der Waals surface area contributed by atoms with Gasteiger partial charge in [0, 0.05) is 22.6 Å². The molecule has 2 heterocycles. The van der Waals surface area contributed by atoms with E-state index in [9.17, 15) is 0 Å². The number of furan rings is 1. The molecule has 0 amide bonds. The van der Waals surface area contributed by atoms with Crippen LogP contribution in [0.3, 0.4) is 0 Å². The zero-order valence-corrected chi connectivity index (χ0v) is 14.7. The van der Waals surface area contributed by atoms with Crippen LogP contribution in [-0.2, 0) is 12.2 Å². The van der Waals surface area contributed by atoms with Crippen LogP contribution in [0.15, 0.2) is 58.0 Å². The van der Waals surface area contributed by atoms with E-state index in [1.54, 1.807) is 11.8 Å². The van der Waals surface area contributed by atoms with E-state index in [0.29, 0.717) is 0 Å². The van der Waals surface area contributed by atoms with Crippen molar-refractivity contribution in [2.45, 2.75) is 24.1 Å². The summed E-state index contributed by atoms with van der Waals surface area (Å²) in [6, 6.07) is 15.9. The zero-order chi connectivity index (χ0) is 16.5. The summed E-state index contributed by atoms with van der Waals surface area (Å²) in [5.41, 5.74) is 3.67. The van der Waals surface area contributed by atoms with E-state index in [2.05, 4.69) is 23.0 Å². The Morgan fingerprint density at radius 2 is 1.96 bits per heavy atom. The number of hydrogen-bond donors (Lipinski definition) is 0. The Hall–Kier alpha value is -2.04. The number of halogens is 1. The fourth-order valence-electron chi connectivity index (χ4n) is 2.64. The third-order valence-corrected chi connectivity index (χ3v) is 5.08. The van der Waals surface area contributed by atoms with Gasteiger partial charge in [-0.05, 0) is 29.8 Å². The standard InChI is InChI=1S/C19H15ClN2OS/c1-2-16-21-17-14-8-3-4-9-15(14)23-18(17)19(22-16)24-11-12-6-5-7-13(20)10-12/h3-10H,2,11H2,1H3. The highest BCUT2D eigenvalue weighted by Crippen LogP contribution is 2.34. The van der Waals surface area contributed by atoms with Crippen LogP contribution >= 0.6 is 23.4 Å². The monoisotopic (exact) mass is 354 g/mol. The molecule has 2 aromatic heterocycles. The normalized spacial score (nSPS) is 11.4. The van der Waals surface area contributed by atoms with Crippen LogP contribution in [0.5, 0.6) is 0 Å². The number of thioether (sulfide) groups is 1. The minimum Gasteiger partial charge on any atom is -0.451 e. The lowest BCUT2D eigenvalue weighted by Gasteiger charge is -2.04. The summed E-state index contributed by atoms with van der Waals surface area (Å²) < 4.78 is 6.02. The molecule has 0 aliphatic carbocycles. The molecule has 0 saturated carbocycles. The summed E-state index contributed by atoms with van der Waals surface area (Å²) in [6.07, 6.45) is 0.792. The Balaban J connectivity index is 1.78. The molecule has 0 fully saturated rings. The number of benzene rings is 2. The molecule has 24 heavy (non-hydrogen) atoms. The molecule has 0 N–H and O–H groups in total. The van der Waals surface area contributed by atoms with Crippen molar-refractivity contribution in [3.63, 3.8) is 0 Å². The Labute approximate surface area is 149 Å². The summed E-state index contributed by atoms with van der Waals surface area (Å²) >= 11 is 7.72. The van der Waals surface area contributed by atoms with Crippen molar-refractivity contribution in [1.29, 1.82) is 0 Å². The third kappa shape index (κ3) is 2.87. The predicted octanol–water partition coefficient (Wildman–Crippen LogP) is 5.88.